The molecule has 1 heterocycles. The smallest absolute Gasteiger partial charge is 0.303 e. The van der Waals surface area contributed by atoms with Crippen LogP contribution >= 0.6 is 0 Å². The molecule has 148 valence electrons. The first kappa shape index (κ1) is 20.9. The summed E-state index contributed by atoms with van der Waals surface area (Å²) in [7, 11) is 0. The van der Waals surface area contributed by atoms with Gasteiger partial charge in [0.05, 0.1) is 0 Å². The Hall–Kier alpha value is -2.37. The first-order valence-electron chi connectivity index (χ1n) is 9.65. The van der Waals surface area contributed by atoms with Crippen molar-refractivity contribution in [3.05, 3.63) is 35.4 Å². The van der Waals surface area contributed by atoms with Gasteiger partial charge in [-0.2, -0.15) is 0 Å². The minimum absolute atomic E-state index is 0.0700. The number of likely N-dealkylation sites (tertiary alicyclic amines) is 1. The van der Waals surface area contributed by atoms with Crippen molar-refractivity contribution in [2.24, 2.45) is 11.8 Å². The van der Waals surface area contributed by atoms with Gasteiger partial charge in [-0.05, 0) is 49.7 Å². The van der Waals surface area contributed by atoms with Crippen molar-refractivity contribution >= 4 is 17.8 Å². The Morgan fingerprint density at radius 1 is 1.19 bits per heavy atom. The number of carboxylic acids is 1. The lowest BCUT2D eigenvalue weighted by molar-refractivity contribution is -0.139. The number of aliphatic carboxylic acids is 1. The fourth-order valence-corrected chi connectivity index (χ4v) is 3.58. The zero-order chi connectivity index (χ0) is 20.0. The second-order valence-electron chi connectivity index (χ2n) is 7.84. The van der Waals surface area contributed by atoms with Gasteiger partial charge in [-0.1, -0.05) is 32.0 Å². The van der Waals surface area contributed by atoms with Gasteiger partial charge in [0.25, 0.3) is 5.91 Å². The van der Waals surface area contributed by atoms with Crippen LogP contribution in [0.15, 0.2) is 24.3 Å². The maximum atomic E-state index is 13.0. The van der Waals surface area contributed by atoms with Crippen molar-refractivity contribution in [1.29, 1.82) is 0 Å². The fourth-order valence-electron chi connectivity index (χ4n) is 3.58. The zero-order valence-corrected chi connectivity index (χ0v) is 16.4. The van der Waals surface area contributed by atoms with E-state index in [4.69, 9.17) is 5.11 Å². The lowest BCUT2D eigenvalue weighted by Gasteiger charge is -2.34. The molecule has 1 aromatic rings. The van der Waals surface area contributed by atoms with Crippen molar-refractivity contribution in [2.75, 3.05) is 13.1 Å². The summed E-state index contributed by atoms with van der Waals surface area (Å²) in [6.07, 6.45) is 2.11. The normalized spacial score (nSPS) is 16.2. The molecule has 2 amide bonds. The van der Waals surface area contributed by atoms with Crippen LogP contribution in [0.4, 0.5) is 0 Å². The van der Waals surface area contributed by atoms with Crippen LogP contribution in [0, 0.1) is 18.8 Å². The lowest BCUT2D eigenvalue weighted by Crippen LogP contribution is -2.51. The second kappa shape index (κ2) is 9.53. The minimum atomic E-state index is -0.789. The average molecular weight is 374 g/mol. The Morgan fingerprint density at radius 2 is 1.81 bits per heavy atom. The number of rotatable bonds is 7. The van der Waals surface area contributed by atoms with E-state index < -0.39 is 12.0 Å². The third-order valence-electron chi connectivity index (χ3n) is 5.09. The van der Waals surface area contributed by atoms with E-state index in [1.54, 1.807) is 11.0 Å². The molecule has 0 saturated carbocycles. The van der Waals surface area contributed by atoms with E-state index in [9.17, 15) is 14.4 Å². The van der Waals surface area contributed by atoms with Gasteiger partial charge in [-0.25, -0.2) is 0 Å². The minimum Gasteiger partial charge on any atom is -0.481 e. The van der Waals surface area contributed by atoms with Crippen molar-refractivity contribution in [3.8, 4) is 0 Å². The number of benzene rings is 1. The van der Waals surface area contributed by atoms with Crippen molar-refractivity contribution < 1.29 is 19.5 Å². The molecule has 0 spiro atoms. The molecule has 1 fully saturated rings. The van der Waals surface area contributed by atoms with E-state index in [-0.39, 0.29) is 30.1 Å². The number of nitrogens with zero attached hydrogens (tertiary/aromatic N) is 1. The molecule has 2 rings (SSSR count). The standard InChI is InChI=1S/C21H30N2O4/c1-14(2)12-18(22-20(26)17-7-5-4-6-15(17)3)21(27)23-10-8-16(9-11-23)13-19(24)25/h4-7,14,16,18H,8-13H2,1-3H3,(H,22,26)(H,24,25). The molecular formula is C21H30N2O4. The summed E-state index contributed by atoms with van der Waals surface area (Å²) >= 11 is 0. The van der Waals surface area contributed by atoms with Gasteiger partial charge in [0, 0.05) is 25.1 Å². The quantitative estimate of drug-likeness (QED) is 0.768. The molecule has 1 aliphatic heterocycles. The number of carbonyl (C=O) groups is 3. The average Bonchev–Trinajstić information content (AvgIpc) is 2.60. The fraction of sp³-hybridized carbons (Fsp3) is 0.571. The van der Waals surface area contributed by atoms with Crippen molar-refractivity contribution in [2.45, 2.75) is 52.5 Å². The van der Waals surface area contributed by atoms with E-state index in [1.165, 1.54) is 0 Å². The first-order valence-corrected chi connectivity index (χ1v) is 9.65. The van der Waals surface area contributed by atoms with E-state index >= 15 is 0 Å². The number of carbonyl (C=O) groups excluding carboxylic acids is 2. The Balaban J connectivity index is 2.03. The van der Waals surface area contributed by atoms with E-state index in [1.807, 2.05) is 39.0 Å². The third kappa shape index (κ3) is 6.08. The molecule has 1 atom stereocenters. The molecule has 1 unspecified atom stereocenters. The highest BCUT2D eigenvalue weighted by atomic mass is 16.4. The molecule has 0 radical (unpaired) electrons. The molecule has 0 bridgehead atoms. The summed E-state index contributed by atoms with van der Waals surface area (Å²) in [5.74, 6) is -0.701. The maximum Gasteiger partial charge on any atom is 0.303 e. The van der Waals surface area contributed by atoms with Crippen LogP contribution in [-0.2, 0) is 9.59 Å². The number of piperidine rings is 1. The Kier molecular flexibility index (Phi) is 7.39. The summed E-state index contributed by atoms with van der Waals surface area (Å²) in [6.45, 7) is 7.03. The van der Waals surface area contributed by atoms with E-state index in [0.717, 1.165) is 5.56 Å². The van der Waals surface area contributed by atoms with Crippen LogP contribution in [0.1, 0.15) is 55.5 Å². The molecule has 27 heavy (non-hydrogen) atoms. The Labute approximate surface area is 160 Å². The highest BCUT2D eigenvalue weighted by Crippen LogP contribution is 2.22. The number of carboxylic acid groups (broad SMARTS) is 1. The van der Waals surface area contributed by atoms with Crippen LogP contribution < -0.4 is 5.32 Å². The molecular weight excluding hydrogens is 344 g/mol. The van der Waals surface area contributed by atoms with Gasteiger partial charge < -0.3 is 15.3 Å². The largest absolute Gasteiger partial charge is 0.481 e. The second-order valence-corrected chi connectivity index (χ2v) is 7.84. The molecule has 6 heteroatoms. The van der Waals surface area contributed by atoms with Crippen LogP contribution in [0.25, 0.3) is 0 Å². The molecule has 1 aliphatic rings. The molecule has 2 N–H and O–H groups in total. The molecule has 1 aromatic carbocycles. The molecule has 0 aromatic heterocycles. The van der Waals surface area contributed by atoms with E-state index in [0.29, 0.717) is 37.9 Å². The Morgan fingerprint density at radius 3 is 2.37 bits per heavy atom. The topological polar surface area (TPSA) is 86.7 Å². The maximum absolute atomic E-state index is 13.0. The number of aryl methyl sites for hydroxylation is 1. The van der Waals surface area contributed by atoms with Gasteiger partial charge >= 0.3 is 5.97 Å². The van der Waals surface area contributed by atoms with Crippen LogP contribution in [0.2, 0.25) is 0 Å². The monoisotopic (exact) mass is 374 g/mol. The van der Waals surface area contributed by atoms with Crippen molar-refractivity contribution in [1.82, 2.24) is 10.2 Å². The summed E-state index contributed by atoms with van der Waals surface area (Å²) in [4.78, 5) is 38.3. The predicted molar refractivity (Wildman–Crippen MR) is 103 cm³/mol. The predicted octanol–water partition coefficient (Wildman–Crippen LogP) is 2.85. The van der Waals surface area contributed by atoms with Crippen LogP contribution in [0.5, 0.6) is 0 Å². The summed E-state index contributed by atoms with van der Waals surface area (Å²) in [5, 5.41) is 11.9. The number of hydrogen-bond donors (Lipinski definition) is 2. The first-order chi connectivity index (χ1) is 12.8. The molecule has 6 nitrogen and oxygen atoms in total. The highest BCUT2D eigenvalue weighted by molar-refractivity contribution is 5.98. The van der Waals surface area contributed by atoms with Crippen molar-refractivity contribution in [3.63, 3.8) is 0 Å². The summed E-state index contributed by atoms with van der Waals surface area (Å²) in [6, 6.07) is 6.77. The van der Waals surface area contributed by atoms with Crippen LogP contribution in [0.3, 0.4) is 0 Å². The lowest BCUT2D eigenvalue weighted by atomic mass is 9.92. The van der Waals surface area contributed by atoms with Gasteiger partial charge in [-0.15, -0.1) is 0 Å². The Bertz CT molecular complexity index is 679. The highest BCUT2D eigenvalue weighted by Gasteiger charge is 2.30. The van der Waals surface area contributed by atoms with Gasteiger partial charge in [0.2, 0.25) is 5.91 Å². The molecule has 1 saturated heterocycles. The van der Waals surface area contributed by atoms with Gasteiger partial charge in [0.1, 0.15) is 6.04 Å². The van der Waals surface area contributed by atoms with E-state index in [2.05, 4.69) is 5.32 Å². The van der Waals surface area contributed by atoms with Crippen LogP contribution in [-0.4, -0.2) is 46.9 Å². The number of hydrogen-bond acceptors (Lipinski definition) is 3. The SMILES string of the molecule is Cc1ccccc1C(=O)NC(CC(C)C)C(=O)N1CCC(CC(=O)O)CC1. The summed E-state index contributed by atoms with van der Waals surface area (Å²) < 4.78 is 0. The summed E-state index contributed by atoms with van der Waals surface area (Å²) in [5.41, 5.74) is 1.46. The third-order valence-corrected chi connectivity index (χ3v) is 5.09. The number of amides is 2. The zero-order valence-electron chi connectivity index (χ0n) is 16.4. The van der Waals surface area contributed by atoms with Gasteiger partial charge in [0.15, 0.2) is 0 Å². The molecule has 0 aliphatic carbocycles. The number of nitrogens with one attached hydrogen (secondary N) is 1. The van der Waals surface area contributed by atoms with Gasteiger partial charge in [-0.3, -0.25) is 14.4 Å².